The van der Waals surface area contributed by atoms with E-state index in [-0.39, 0.29) is 12.6 Å². The Morgan fingerprint density at radius 3 is 2.23 bits per heavy atom. The highest BCUT2D eigenvalue weighted by molar-refractivity contribution is 5.32. The van der Waals surface area contributed by atoms with E-state index in [9.17, 15) is 5.11 Å². The number of hydrogen-bond donors (Lipinski definition) is 2. The highest BCUT2D eigenvalue weighted by Crippen LogP contribution is 2.68. The van der Waals surface area contributed by atoms with Crippen LogP contribution in [0.5, 0.6) is 0 Å². The summed E-state index contributed by atoms with van der Waals surface area (Å²) in [5.41, 5.74) is 1.61. The van der Waals surface area contributed by atoms with Gasteiger partial charge in [0.25, 0.3) is 6.47 Å². The van der Waals surface area contributed by atoms with Crippen LogP contribution in [0.2, 0.25) is 0 Å². The van der Waals surface area contributed by atoms with E-state index in [1.165, 1.54) is 57.8 Å². The third kappa shape index (κ3) is 4.87. The molecule has 4 fully saturated rings. The molecule has 0 saturated heterocycles. The van der Waals surface area contributed by atoms with Gasteiger partial charge in [0.05, 0.1) is 6.10 Å². The molecule has 0 aromatic rings. The topological polar surface area (TPSA) is 57.5 Å². The molecule has 180 valence electrons. The average Bonchev–Trinajstić information content (AvgIpc) is 3.04. The molecule has 0 aromatic heterocycles. The number of rotatable bonds is 3. The van der Waals surface area contributed by atoms with Crippen LogP contribution in [-0.4, -0.2) is 22.8 Å². The number of carbonyl (C=O) groups is 1. The first-order valence-corrected chi connectivity index (χ1v) is 13.2. The molecular weight excluding hydrogens is 384 g/mol. The molecule has 3 nitrogen and oxygen atoms in total. The third-order valence-corrected chi connectivity index (χ3v) is 10.7. The van der Waals surface area contributed by atoms with Gasteiger partial charge in [-0.25, -0.2) is 0 Å². The molecule has 4 aliphatic carbocycles. The predicted octanol–water partition coefficient (Wildman–Crippen LogP) is 7.17. The van der Waals surface area contributed by atoms with Crippen molar-refractivity contribution in [1.82, 2.24) is 0 Å². The van der Waals surface area contributed by atoms with Gasteiger partial charge in [0.15, 0.2) is 0 Å². The summed E-state index contributed by atoms with van der Waals surface area (Å²) in [6, 6.07) is 0. The van der Waals surface area contributed by atoms with E-state index in [2.05, 4.69) is 41.5 Å². The quantitative estimate of drug-likeness (QED) is 0.463. The summed E-state index contributed by atoms with van der Waals surface area (Å²) in [7, 11) is 0. The number of carboxylic acid groups (broad SMARTS) is 1. The summed E-state index contributed by atoms with van der Waals surface area (Å²) in [6.45, 7) is 14.9. The van der Waals surface area contributed by atoms with Crippen molar-refractivity contribution < 1.29 is 15.0 Å². The number of fused-ring (bicyclic) bond motifs is 5. The number of aliphatic hydroxyl groups is 1. The van der Waals surface area contributed by atoms with E-state index in [4.69, 9.17) is 9.90 Å². The van der Waals surface area contributed by atoms with Crippen LogP contribution in [-0.2, 0) is 4.79 Å². The van der Waals surface area contributed by atoms with Crippen LogP contribution in [0.1, 0.15) is 112 Å². The zero-order chi connectivity index (χ0) is 23.0. The van der Waals surface area contributed by atoms with Crippen molar-refractivity contribution in [2.24, 2.45) is 51.8 Å². The zero-order valence-electron chi connectivity index (χ0n) is 21.2. The molecule has 31 heavy (non-hydrogen) atoms. The van der Waals surface area contributed by atoms with Crippen molar-refractivity contribution in [2.45, 2.75) is 118 Å². The lowest BCUT2D eigenvalue weighted by Gasteiger charge is -2.61. The maximum absolute atomic E-state index is 10.3. The molecule has 2 N–H and O–H groups in total. The summed E-state index contributed by atoms with van der Waals surface area (Å²) in [4.78, 5) is 8.36. The molecule has 0 spiro atoms. The average molecular weight is 435 g/mol. The van der Waals surface area contributed by atoms with Gasteiger partial charge in [-0.1, -0.05) is 41.5 Å². The monoisotopic (exact) mass is 434 g/mol. The van der Waals surface area contributed by atoms with E-state index in [0.717, 1.165) is 48.3 Å². The Balaban J connectivity index is 0.000000858. The first kappa shape index (κ1) is 25.1. The molecule has 4 aliphatic rings. The fourth-order valence-corrected chi connectivity index (χ4v) is 9.07. The molecule has 0 radical (unpaired) electrons. The minimum atomic E-state index is -0.250. The minimum Gasteiger partial charge on any atom is -0.483 e. The molecule has 7 unspecified atom stereocenters. The van der Waals surface area contributed by atoms with Gasteiger partial charge < -0.3 is 10.2 Å². The van der Waals surface area contributed by atoms with Crippen LogP contribution < -0.4 is 0 Å². The fraction of sp³-hybridized carbons (Fsp3) is 0.964. The first-order chi connectivity index (χ1) is 14.5. The Hall–Kier alpha value is -0.570. The van der Waals surface area contributed by atoms with Gasteiger partial charge in [-0.15, -0.1) is 0 Å². The van der Waals surface area contributed by atoms with Gasteiger partial charge in [-0.2, -0.15) is 0 Å². The SMILES string of the molecule is C[C@H](CCC(C)(C)C)C1CCC2C3CCC4C[C@H](O)CCC4(C)C3CCC21C.O=CO. The molecule has 9 atom stereocenters. The van der Waals surface area contributed by atoms with Crippen molar-refractivity contribution in [2.75, 3.05) is 0 Å². The molecular formula is C28H50O3. The summed E-state index contributed by atoms with van der Waals surface area (Å²) in [6.07, 6.45) is 15.0. The Morgan fingerprint density at radius 1 is 0.968 bits per heavy atom. The second-order valence-electron chi connectivity index (χ2n) is 13.5. The van der Waals surface area contributed by atoms with E-state index in [1.807, 2.05) is 0 Å². The lowest BCUT2D eigenvalue weighted by Crippen LogP contribution is -2.54. The summed E-state index contributed by atoms with van der Waals surface area (Å²) < 4.78 is 0. The summed E-state index contributed by atoms with van der Waals surface area (Å²) in [5.74, 6) is 5.56. The van der Waals surface area contributed by atoms with Gasteiger partial charge in [0.2, 0.25) is 0 Å². The van der Waals surface area contributed by atoms with Gasteiger partial charge in [0.1, 0.15) is 0 Å². The Kier molecular flexibility index (Phi) is 7.56. The predicted molar refractivity (Wildman–Crippen MR) is 128 cm³/mol. The van der Waals surface area contributed by atoms with Crippen molar-refractivity contribution in [3.05, 3.63) is 0 Å². The molecule has 0 amide bonds. The molecule has 0 bridgehead atoms. The summed E-state index contributed by atoms with van der Waals surface area (Å²) in [5, 5.41) is 17.1. The minimum absolute atomic E-state index is 0.0111. The van der Waals surface area contributed by atoms with Gasteiger partial charge in [-0.05, 0) is 122 Å². The van der Waals surface area contributed by atoms with Crippen LogP contribution in [0.15, 0.2) is 0 Å². The molecule has 3 heteroatoms. The molecule has 0 heterocycles. The van der Waals surface area contributed by atoms with Crippen LogP contribution in [0, 0.1) is 51.8 Å². The van der Waals surface area contributed by atoms with E-state index >= 15 is 0 Å². The number of aliphatic hydroxyl groups excluding tert-OH is 1. The van der Waals surface area contributed by atoms with E-state index < -0.39 is 0 Å². The van der Waals surface area contributed by atoms with Crippen molar-refractivity contribution >= 4 is 6.47 Å². The van der Waals surface area contributed by atoms with Crippen LogP contribution in [0.4, 0.5) is 0 Å². The van der Waals surface area contributed by atoms with E-state index in [0.29, 0.717) is 16.2 Å². The van der Waals surface area contributed by atoms with Gasteiger partial charge in [0, 0.05) is 0 Å². The van der Waals surface area contributed by atoms with Crippen LogP contribution in [0.25, 0.3) is 0 Å². The first-order valence-electron chi connectivity index (χ1n) is 13.2. The summed E-state index contributed by atoms with van der Waals surface area (Å²) >= 11 is 0. The smallest absolute Gasteiger partial charge is 0.290 e. The molecule has 0 aromatic carbocycles. The molecule has 0 aliphatic heterocycles. The molecule has 4 rings (SSSR count). The lowest BCUT2D eigenvalue weighted by atomic mass is 9.44. The maximum Gasteiger partial charge on any atom is 0.290 e. The second kappa shape index (κ2) is 9.35. The zero-order valence-corrected chi connectivity index (χ0v) is 21.2. The molecule has 4 saturated carbocycles. The Morgan fingerprint density at radius 2 is 1.58 bits per heavy atom. The van der Waals surface area contributed by atoms with Crippen molar-refractivity contribution in [3.8, 4) is 0 Å². The standard InChI is InChI=1S/C27H48O.CH2O2/c1-18(11-14-25(2,3)4)22-9-10-23-21-8-7-19-17-20(28)12-15-26(19,5)24(21)13-16-27(22,23)6;2-1-3/h18-24,28H,7-17H2,1-6H3;1H,(H,2,3)/t18-,19?,20-,21?,22?,23?,24?,26?,27?;/m1./s1. The number of hydrogen-bond acceptors (Lipinski definition) is 2. The second-order valence-corrected chi connectivity index (χ2v) is 13.5. The van der Waals surface area contributed by atoms with Crippen LogP contribution in [0.3, 0.4) is 0 Å². The third-order valence-electron chi connectivity index (χ3n) is 10.7. The largest absolute Gasteiger partial charge is 0.483 e. The van der Waals surface area contributed by atoms with Crippen molar-refractivity contribution in [3.63, 3.8) is 0 Å². The van der Waals surface area contributed by atoms with Gasteiger partial charge in [-0.3, -0.25) is 4.79 Å². The van der Waals surface area contributed by atoms with Crippen LogP contribution >= 0.6 is 0 Å². The van der Waals surface area contributed by atoms with Crippen molar-refractivity contribution in [1.29, 1.82) is 0 Å². The normalized spacial score (nSPS) is 45.4. The van der Waals surface area contributed by atoms with E-state index in [1.54, 1.807) is 0 Å². The maximum atomic E-state index is 10.3. The van der Waals surface area contributed by atoms with Gasteiger partial charge >= 0.3 is 0 Å². The Bertz CT molecular complexity index is 610. The highest BCUT2D eigenvalue weighted by atomic mass is 16.3. The lowest BCUT2D eigenvalue weighted by molar-refractivity contribution is -0.129. The fourth-order valence-electron chi connectivity index (χ4n) is 9.07. The Labute approximate surface area is 191 Å². The highest BCUT2D eigenvalue weighted by Gasteiger charge is 2.60.